The van der Waals surface area contributed by atoms with Gasteiger partial charge in [-0.25, -0.2) is 13.1 Å². The van der Waals surface area contributed by atoms with Gasteiger partial charge in [-0.15, -0.1) is 0 Å². The first kappa shape index (κ1) is 24.0. The van der Waals surface area contributed by atoms with E-state index in [1.54, 1.807) is 41.3 Å². The van der Waals surface area contributed by atoms with Crippen molar-refractivity contribution in [3.63, 3.8) is 0 Å². The van der Waals surface area contributed by atoms with Crippen molar-refractivity contribution in [1.29, 1.82) is 0 Å². The Kier molecular flexibility index (Phi) is 8.11. The number of rotatable bonds is 8. The lowest BCUT2D eigenvalue weighted by Crippen LogP contribution is -2.44. The Labute approximate surface area is 192 Å². The van der Waals surface area contributed by atoms with E-state index in [0.717, 1.165) is 0 Å². The van der Waals surface area contributed by atoms with Crippen LogP contribution in [0.1, 0.15) is 23.2 Å². The molecule has 10 heteroatoms. The first-order valence-electron chi connectivity index (χ1n) is 10.3. The van der Waals surface area contributed by atoms with Crippen molar-refractivity contribution in [1.82, 2.24) is 14.9 Å². The lowest BCUT2D eigenvalue weighted by atomic mass is 9.95. The van der Waals surface area contributed by atoms with E-state index in [1.165, 1.54) is 19.2 Å². The molecule has 2 aromatic carbocycles. The summed E-state index contributed by atoms with van der Waals surface area (Å²) in [4.78, 5) is 26.8. The van der Waals surface area contributed by atoms with E-state index in [2.05, 4.69) is 10.0 Å². The monoisotopic (exact) mass is 479 g/mol. The highest BCUT2D eigenvalue weighted by Gasteiger charge is 2.27. The summed E-state index contributed by atoms with van der Waals surface area (Å²) in [5.41, 5.74) is 0.571. The first-order valence-corrected chi connectivity index (χ1v) is 12.1. The Hall–Kier alpha value is -2.62. The summed E-state index contributed by atoms with van der Waals surface area (Å²) in [7, 11) is -2.16. The summed E-state index contributed by atoms with van der Waals surface area (Å²) in [5, 5.41) is 3.35. The minimum absolute atomic E-state index is 0.0755. The number of carbonyl (C=O) groups excluding carboxylic acids is 2. The van der Waals surface area contributed by atoms with Crippen molar-refractivity contribution in [2.45, 2.75) is 17.7 Å². The third-order valence-corrected chi connectivity index (χ3v) is 7.06. The van der Waals surface area contributed by atoms with E-state index in [4.69, 9.17) is 16.3 Å². The van der Waals surface area contributed by atoms with Crippen LogP contribution >= 0.6 is 11.6 Å². The maximum Gasteiger partial charge on any atom is 0.253 e. The third-order valence-electron chi connectivity index (χ3n) is 5.33. The van der Waals surface area contributed by atoms with Crippen LogP contribution in [0.5, 0.6) is 5.75 Å². The topological polar surface area (TPSA) is 105 Å². The van der Waals surface area contributed by atoms with Crippen LogP contribution < -0.4 is 14.8 Å². The predicted octanol–water partition coefficient (Wildman–Crippen LogP) is 2.30. The van der Waals surface area contributed by atoms with Crippen LogP contribution in [0, 0.1) is 5.92 Å². The number of nitrogens with one attached hydrogen (secondary N) is 2. The average Bonchev–Trinajstić information content (AvgIpc) is 2.82. The summed E-state index contributed by atoms with van der Waals surface area (Å²) in [5.74, 6) is 0.153. The second kappa shape index (κ2) is 10.8. The van der Waals surface area contributed by atoms with E-state index < -0.39 is 10.0 Å². The highest BCUT2D eigenvalue weighted by atomic mass is 35.5. The number of halogens is 1. The van der Waals surface area contributed by atoms with Crippen molar-refractivity contribution in [2.75, 3.05) is 33.3 Å². The average molecular weight is 480 g/mol. The van der Waals surface area contributed by atoms with Crippen LogP contribution in [0.4, 0.5) is 0 Å². The molecule has 1 saturated heterocycles. The van der Waals surface area contributed by atoms with Gasteiger partial charge in [0.25, 0.3) is 5.91 Å². The van der Waals surface area contributed by atoms with Crippen molar-refractivity contribution >= 4 is 33.4 Å². The quantitative estimate of drug-likeness (QED) is 0.565. The molecule has 0 atom stereocenters. The molecule has 1 heterocycles. The molecule has 2 aromatic rings. The third kappa shape index (κ3) is 6.21. The van der Waals surface area contributed by atoms with Gasteiger partial charge in [0.15, 0.2) is 0 Å². The number of likely N-dealkylation sites (tertiary alicyclic amines) is 1. The van der Waals surface area contributed by atoms with Crippen LogP contribution in [-0.4, -0.2) is 58.4 Å². The van der Waals surface area contributed by atoms with Crippen molar-refractivity contribution in [3.8, 4) is 5.75 Å². The Morgan fingerprint density at radius 2 is 1.66 bits per heavy atom. The maximum atomic E-state index is 12.6. The first-order chi connectivity index (χ1) is 15.3. The summed E-state index contributed by atoms with van der Waals surface area (Å²) in [6, 6.07) is 12.8. The van der Waals surface area contributed by atoms with Gasteiger partial charge in [-0.3, -0.25) is 9.59 Å². The lowest BCUT2D eigenvalue weighted by molar-refractivity contribution is -0.126. The number of benzene rings is 2. The van der Waals surface area contributed by atoms with Gasteiger partial charge < -0.3 is 15.0 Å². The van der Waals surface area contributed by atoms with Crippen molar-refractivity contribution in [3.05, 3.63) is 59.1 Å². The number of hydrogen-bond donors (Lipinski definition) is 2. The molecule has 0 bridgehead atoms. The molecular formula is C22H26ClN3O5S. The molecule has 32 heavy (non-hydrogen) atoms. The number of piperidine rings is 1. The molecule has 172 valence electrons. The SMILES string of the molecule is COc1ccc(S(=O)(=O)NCCNC(=O)C2CCN(C(=O)c3ccc(Cl)cc3)CC2)cc1. The number of nitrogens with zero attached hydrogens (tertiary/aromatic N) is 1. The highest BCUT2D eigenvalue weighted by Crippen LogP contribution is 2.20. The van der Waals surface area contributed by atoms with Gasteiger partial charge in [-0.2, -0.15) is 0 Å². The molecule has 0 radical (unpaired) electrons. The van der Waals surface area contributed by atoms with Crippen molar-refractivity contribution in [2.24, 2.45) is 5.92 Å². The number of hydrogen-bond acceptors (Lipinski definition) is 5. The molecule has 2 amide bonds. The molecule has 3 rings (SSSR count). The summed E-state index contributed by atoms with van der Waals surface area (Å²) < 4.78 is 32.1. The predicted molar refractivity (Wildman–Crippen MR) is 121 cm³/mol. The standard InChI is InChI=1S/C22H26ClN3O5S/c1-31-19-6-8-20(9-7-19)32(29,30)25-13-12-24-21(27)16-10-14-26(15-11-16)22(28)17-2-4-18(23)5-3-17/h2-9,16,25H,10-15H2,1H3,(H,24,27). The summed E-state index contributed by atoms with van der Waals surface area (Å²) in [6.07, 6.45) is 1.12. The van der Waals surface area contributed by atoms with Crippen LogP contribution in [0.3, 0.4) is 0 Å². The van der Waals surface area contributed by atoms with Gasteiger partial charge in [0.05, 0.1) is 12.0 Å². The molecule has 1 aliphatic rings. The van der Waals surface area contributed by atoms with Crippen LogP contribution in [0.2, 0.25) is 5.02 Å². The number of methoxy groups -OCH3 is 1. The zero-order valence-electron chi connectivity index (χ0n) is 17.7. The molecule has 0 spiro atoms. The number of sulfonamides is 1. The van der Waals surface area contributed by atoms with Crippen LogP contribution in [0.15, 0.2) is 53.4 Å². The lowest BCUT2D eigenvalue weighted by Gasteiger charge is -2.31. The zero-order valence-corrected chi connectivity index (χ0v) is 19.3. The normalized spacial score (nSPS) is 14.8. The number of ether oxygens (including phenoxy) is 1. The summed E-state index contributed by atoms with van der Waals surface area (Å²) in [6.45, 7) is 1.24. The van der Waals surface area contributed by atoms with Gasteiger partial charge in [-0.1, -0.05) is 11.6 Å². The van der Waals surface area contributed by atoms with E-state index in [1.807, 2.05) is 0 Å². The molecular weight excluding hydrogens is 454 g/mol. The largest absolute Gasteiger partial charge is 0.497 e. The van der Waals surface area contributed by atoms with Gasteiger partial charge in [0.1, 0.15) is 5.75 Å². The second-order valence-electron chi connectivity index (χ2n) is 7.44. The minimum atomic E-state index is -3.66. The number of carbonyl (C=O) groups is 2. The smallest absolute Gasteiger partial charge is 0.253 e. The van der Waals surface area contributed by atoms with Gasteiger partial charge in [0, 0.05) is 42.7 Å². The molecule has 0 aromatic heterocycles. The van der Waals surface area contributed by atoms with Crippen LogP contribution in [0.25, 0.3) is 0 Å². The molecule has 0 saturated carbocycles. The fourth-order valence-electron chi connectivity index (χ4n) is 3.47. The van der Waals surface area contributed by atoms with E-state index >= 15 is 0 Å². The van der Waals surface area contributed by atoms with E-state index in [-0.39, 0.29) is 35.7 Å². The van der Waals surface area contributed by atoms with Gasteiger partial charge in [-0.05, 0) is 61.4 Å². The fraction of sp³-hybridized carbons (Fsp3) is 0.364. The van der Waals surface area contributed by atoms with Gasteiger partial charge in [0.2, 0.25) is 15.9 Å². The van der Waals surface area contributed by atoms with E-state index in [9.17, 15) is 18.0 Å². The minimum Gasteiger partial charge on any atom is -0.497 e. The molecule has 0 aliphatic carbocycles. The number of amides is 2. The molecule has 1 aliphatic heterocycles. The molecule has 1 fully saturated rings. The Morgan fingerprint density at radius 1 is 1.03 bits per heavy atom. The second-order valence-corrected chi connectivity index (χ2v) is 9.64. The van der Waals surface area contributed by atoms with Gasteiger partial charge >= 0.3 is 0 Å². The highest BCUT2D eigenvalue weighted by molar-refractivity contribution is 7.89. The Bertz CT molecular complexity index is 1030. The maximum absolute atomic E-state index is 12.6. The Morgan fingerprint density at radius 3 is 2.25 bits per heavy atom. The summed E-state index contributed by atoms with van der Waals surface area (Å²) >= 11 is 5.86. The van der Waals surface area contributed by atoms with E-state index in [0.29, 0.717) is 42.3 Å². The zero-order chi connectivity index (χ0) is 23.1. The molecule has 2 N–H and O–H groups in total. The molecule has 8 nitrogen and oxygen atoms in total. The molecule has 0 unspecified atom stereocenters. The Balaban J connectivity index is 1.40. The fourth-order valence-corrected chi connectivity index (χ4v) is 4.63. The van der Waals surface area contributed by atoms with Crippen molar-refractivity contribution < 1.29 is 22.7 Å². The van der Waals surface area contributed by atoms with Crippen LogP contribution in [-0.2, 0) is 14.8 Å².